The van der Waals surface area contributed by atoms with Crippen LogP contribution in [-0.2, 0) is 0 Å². The SMILES string of the molecule is CC1CCNCC1O. The number of rotatable bonds is 0. The van der Waals surface area contributed by atoms with Crippen molar-refractivity contribution in [3.63, 3.8) is 0 Å². The van der Waals surface area contributed by atoms with Crippen molar-refractivity contribution in [2.75, 3.05) is 13.1 Å². The summed E-state index contributed by atoms with van der Waals surface area (Å²) in [5.74, 6) is 0.497. The number of β-amino-alcohol motifs (C(OH)–C–C–N with tert-alkyl or cyclic N) is 1. The summed E-state index contributed by atoms with van der Waals surface area (Å²) in [5.41, 5.74) is 0. The van der Waals surface area contributed by atoms with Gasteiger partial charge < -0.3 is 10.4 Å². The highest BCUT2D eigenvalue weighted by Crippen LogP contribution is 2.09. The Morgan fingerprint density at radius 3 is 2.75 bits per heavy atom. The van der Waals surface area contributed by atoms with Crippen LogP contribution >= 0.6 is 0 Å². The average Bonchev–Trinajstić information content (AvgIpc) is 1.77. The van der Waals surface area contributed by atoms with Crippen molar-refractivity contribution < 1.29 is 5.11 Å². The first kappa shape index (κ1) is 6.05. The van der Waals surface area contributed by atoms with Crippen LogP contribution < -0.4 is 5.32 Å². The maximum atomic E-state index is 9.12. The highest BCUT2D eigenvalue weighted by atomic mass is 16.3. The topological polar surface area (TPSA) is 32.3 Å². The van der Waals surface area contributed by atoms with E-state index in [1.807, 2.05) is 0 Å². The molecule has 0 aromatic carbocycles. The van der Waals surface area contributed by atoms with Crippen LogP contribution in [0.15, 0.2) is 0 Å². The van der Waals surface area contributed by atoms with Gasteiger partial charge in [-0.2, -0.15) is 0 Å². The largest absolute Gasteiger partial charge is 0.392 e. The maximum Gasteiger partial charge on any atom is 0.0690 e. The molecular formula is C6H13NO. The van der Waals surface area contributed by atoms with Crippen molar-refractivity contribution in [2.24, 2.45) is 5.92 Å². The molecule has 1 fully saturated rings. The molecule has 0 aliphatic carbocycles. The molecule has 1 aliphatic heterocycles. The lowest BCUT2D eigenvalue weighted by molar-refractivity contribution is 0.0915. The normalized spacial score (nSPS) is 39.8. The van der Waals surface area contributed by atoms with Gasteiger partial charge in [-0.3, -0.25) is 0 Å². The van der Waals surface area contributed by atoms with Crippen LogP contribution in [0.25, 0.3) is 0 Å². The molecule has 1 saturated heterocycles. The molecule has 0 amide bonds. The predicted octanol–water partition coefficient (Wildman–Crippen LogP) is -0.0233. The van der Waals surface area contributed by atoms with Crippen molar-refractivity contribution in [3.05, 3.63) is 0 Å². The van der Waals surface area contributed by atoms with E-state index < -0.39 is 0 Å². The van der Waals surface area contributed by atoms with E-state index in [2.05, 4.69) is 12.2 Å². The number of hydrogen-bond donors (Lipinski definition) is 2. The molecule has 2 heteroatoms. The molecule has 0 aromatic rings. The van der Waals surface area contributed by atoms with Gasteiger partial charge >= 0.3 is 0 Å². The molecule has 2 atom stereocenters. The van der Waals surface area contributed by atoms with E-state index in [1.54, 1.807) is 0 Å². The molecule has 0 bridgehead atoms. The molecule has 8 heavy (non-hydrogen) atoms. The predicted molar refractivity (Wildman–Crippen MR) is 32.7 cm³/mol. The third kappa shape index (κ3) is 1.20. The number of aliphatic hydroxyl groups is 1. The first-order valence-electron chi connectivity index (χ1n) is 3.19. The molecule has 48 valence electrons. The first-order valence-corrected chi connectivity index (χ1v) is 3.19. The average molecular weight is 115 g/mol. The van der Waals surface area contributed by atoms with Crippen LogP contribution in [0.3, 0.4) is 0 Å². The van der Waals surface area contributed by atoms with Gasteiger partial charge in [-0.1, -0.05) is 6.92 Å². The Morgan fingerprint density at radius 1 is 1.62 bits per heavy atom. The quantitative estimate of drug-likeness (QED) is 0.465. The van der Waals surface area contributed by atoms with Gasteiger partial charge in [0.2, 0.25) is 0 Å². The van der Waals surface area contributed by atoms with E-state index in [0.29, 0.717) is 5.92 Å². The van der Waals surface area contributed by atoms with Gasteiger partial charge in [0.15, 0.2) is 0 Å². The van der Waals surface area contributed by atoms with Gasteiger partial charge in [0.25, 0.3) is 0 Å². The Kier molecular flexibility index (Phi) is 1.86. The zero-order chi connectivity index (χ0) is 5.98. The summed E-state index contributed by atoms with van der Waals surface area (Å²) < 4.78 is 0. The maximum absolute atomic E-state index is 9.12. The van der Waals surface area contributed by atoms with Gasteiger partial charge in [-0.15, -0.1) is 0 Å². The summed E-state index contributed by atoms with van der Waals surface area (Å²) in [5, 5.41) is 12.2. The molecule has 2 unspecified atom stereocenters. The van der Waals surface area contributed by atoms with E-state index in [1.165, 1.54) is 0 Å². The summed E-state index contributed by atoms with van der Waals surface area (Å²) in [7, 11) is 0. The molecule has 2 nitrogen and oxygen atoms in total. The summed E-state index contributed by atoms with van der Waals surface area (Å²) in [6.45, 7) is 3.94. The third-order valence-corrected chi connectivity index (χ3v) is 1.79. The van der Waals surface area contributed by atoms with E-state index >= 15 is 0 Å². The molecule has 0 saturated carbocycles. The Balaban J connectivity index is 2.28. The zero-order valence-corrected chi connectivity index (χ0v) is 5.22. The van der Waals surface area contributed by atoms with E-state index in [-0.39, 0.29) is 6.10 Å². The van der Waals surface area contributed by atoms with Crippen molar-refractivity contribution in [2.45, 2.75) is 19.4 Å². The van der Waals surface area contributed by atoms with Gasteiger partial charge in [-0.05, 0) is 18.9 Å². The van der Waals surface area contributed by atoms with Crippen LogP contribution in [0.2, 0.25) is 0 Å². The summed E-state index contributed by atoms with van der Waals surface area (Å²) in [6.07, 6.45) is 1.00. The molecule has 1 rings (SSSR count). The summed E-state index contributed by atoms with van der Waals surface area (Å²) in [4.78, 5) is 0. The molecular weight excluding hydrogens is 102 g/mol. The lowest BCUT2D eigenvalue weighted by atomic mass is 9.98. The van der Waals surface area contributed by atoms with Gasteiger partial charge in [-0.25, -0.2) is 0 Å². The van der Waals surface area contributed by atoms with E-state index in [4.69, 9.17) is 5.11 Å². The van der Waals surface area contributed by atoms with Crippen LogP contribution in [0, 0.1) is 5.92 Å². The number of nitrogens with one attached hydrogen (secondary N) is 1. The summed E-state index contributed by atoms with van der Waals surface area (Å²) >= 11 is 0. The minimum atomic E-state index is -0.108. The molecule has 0 aromatic heterocycles. The summed E-state index contributed by atoms with van der Waals surface area (Å²) in [6, 6.07) is 0. The van der Waals surface area contributed by atoms with Gasteiger partial charge in [0.1, 0.15) is 0 Å². The minimum Gasteiger partial charge on any atom is -0.392 e. The minimum absolute atomic E-state index is 0.108. The van der Waals surface area contributed by atoms with Crippen molar-refractivity contribution in [1.82, 2.24) is 5.32 Å². The Labute approximate surface area is 49.9 Å². The number of piperidine rings is 1. The monoisotopic (exact) mass is 115 g/mol. The fourth-order valence-electron chi connectivity index (χ4n) is 0.973. The van der Waals surface area contributed by atoms with Crippen molar-refractivity contribution in [3.8, 4) is 0 Å². The fraction of sp³-hybridized carbons (Fsp3) is 1.00. The standard InChI is InChI=1S/C6H13NO/c1-5-2-3-7-4-6(5)8/h5-8H,2-4H2,1H3. The number of hydrogen-bond acceptors (Lipinski definition) is 2. The Hall–Kier alpha value is -0.0800. The lowest BCUT2D eigenvalue weighted by Crippen LogP contribution is -2.39. The second-order valence-electron chi connectivity index (χ2n) is 2.54. The molecule has 0 spiro atoms. The first-order chi connectivity index (χ1) is 3.80. The number of aliphatic hydroxyl groups excluding tert-OH is 1. The molecule has 1 heterocycles. The smallest absolute Gasteiger partial charge is 0.0690 e. The molecule has 1 aliphatic rings. The fourth-order valence-corrected chi connectivity index (χ4v) is 0.973. The van der Waals surface area contributed by atoms with Crippen molar-refractivity contribution >= 4 is 0 Å². The van der Waals surface area contributed by atoms with Gasteiger partial charge in [0.05, 0.1) is 6.10 Å². The highest BCUT2D eigenvalue weighted by molar-refractivity contribution is 4.72. The highest BCUT2D eigenvalue weighted by Gasteiger charge is 2.16. The zero-order valence-electron chi connectivity index (χ0n) is 5.22. The lowest BCUT2D eigenvalue weighted by Gasteiger charge is -2.24. The third-order valence-electron chi connectivity index (χ3n) is 1.79. The van der Waals surface area contributed by atoms with Crippen LogP contribution in [-0.4, -0.2) is 24.3 Å². The molecule has 2 N–H and O–H groups in total. The van der Waals surface area contributed by atoms with E-state index in [9.17, 15) is 0 Å². The second kappa shape index (κ2) is 2.46. The molecule has 0 radical (unpaired) electrons. The van der Waals surface area contributed by atoms with Crippen LogP contribution in [0.1, 0.15) is 13.3 Å². The second-order valence-corrected chi connectivity index (χ2v) is 2.54. The Bertz CT molecular complexity index is 64.9. The van der Waals surface area contributed by atoms with Crippen LogP contribution in [0.4, 0.5) is 0 Å². The van der Waals surface area contributed by atoms with E-state index in [0.717, 1.165) is 19.5 Å². The van der Waals surface area contributed by atoms with Gasteiger partial charge in [0, 0.05) is 6.54 Å². The Morgan fingerprint density at radius 2 is 2.38 bits per heavy atom. The van der Waals surface area contributed by atoms with Crippen LogP contribution in [0.5, 0.6) is 0 Å². The van der Waals surface area contributed by atoms with Crippen molar-refractivity contribution in [1.29, 1.82) is 0 Å².